The summed E-state index contributed by atoms with van der Waals surface area (Å²) >= 11 is 1.54. The summed E-state index contributed by atoms with van der Waals surface area (Å²) in [6.45, 7) is 2.02. The Morgan fingerprint density at radius 3 is 2.95 bits per heavy atom. The molecule has 0 fully saturated rings. The van der Waals surface area contributed by atoms with Gasteiger partial charge in [-0.15, -0.1) is 11.3 Å². The summed E-state index contributed by atoms with van der Waals surface area (Å²) in [6, 6.07) is 10.4. The first-order chi connectivity index (χ1) is 9.72. The van der Waals surface area contributed by atoms with E-state index in [4.69, 9.17) is 10.3 Å². The maximum atomic E-state index is 5.97. The Hall–Kier alpha value is -2.14. The molecule has 4 rings (SSSR count). The Balaban J connectivity index is 1.69. The highest BCUT2D eigenvalue weighted by molar-refractivity contribution is 7.16. The number of thiophene rings is 1. The zero-order chi connectivity index (χ0) is 13.7. The Morgan fingerprint density at radius 1 is 1.35 bits per heavy atom. The van der Waals surface area contributed by atoms with Crippen molar-refractivity contribution in [2.24, 2.45) is 0 Å². The van der Waals surface area contributed by atoms with Crippen LogP contribution in [0.4, 0.5) is 5.00 Å². The van der Waals surface area contributed by atoms with Gasteiger partial charge in [0.05, 0.1) is 16.5 Å². The summed E-state index contributed by atoms with van der Waals surface area (Å²) in [7, 11) is 0. The van der Waals surface area contributed by atoms with Crippen molar-refractivity contribution in [2.45, 2.75) is 19.3 Å². The molecule has 0 aliphatic heterocycles. The molecule has 2 N–H and O–H groups in total. The third-order valence-electron chi connectivity index (χ3n) is 3.72. The highest BCUT2D eigenvalue weighted by Gasteiger charge is 2.31. The summed E-state index contributed by atoms with van der Waals surface area (Å²) in [5.74, 6) is 1.53. The Labute approximate surface area is 120 Å². The number of nitrogens with two attached hydrogens (primary N) is 1. The summed E-state index contributed by atoms with van der Waals surface area (Å²) in [5, 5.41) is 4.86. The number of anilines is 1. The molecular weight excluding hydrogens is 270 g/mol. The predicted molar refractivity (Wildman–Crippen MR) is 78.7 cm³/mol. The molecule has 0 bridgehead atoms. The number of aromatic nitrogens is 2. The van der Waals surface area contributed by atoms with Crippen molar-refractivity contribution < 1.29 is 4.52 Å². The first-order valence-electron chi connectivity index (χ1n) is 6.50. The van der Waals surface area contributed by atoms with Crippen LogP contribution in [0.3, 0.4) is 0 Å². The fourth-order valence-corrected chi connectivity index (χ4v) is 3.45. The molecule has 5 heteroatoms. The van der Waals surface area contributed by atoms with Gasteiger partial charge in [-0.3, -0.25) is 0 Å². The first-order valence-corrected chi connectivity index (χ1v) is 7.31. The fraction of sp³-hybridized carbons (Fsp3) is 0.200. The molecule has 0 amide bonds. The van der Waals surface area contributed by atoms with Crippen LogP contribution >= 0.6 is 11.3 Å². The Morgan fingerprint density at radius 2 is 2.20 bits per heavy atom. The second-order valence-electron chi connectivity index (χ2n) is 5.05. The summed E-state index contributed by atoms with van der Waals surface area (Å²) in [6.07, 6.45) is 0.979. The SMILES string of the molecule is Cc1cc(-c2nc(C3Cc4ccccc43)no2)c(N)s1. The van der Waals surface area contributed by atoms with Crippen molar-refractivity contribution in [1.82, 2.24) is 10.1 Å². The topological polar surface area (TPSA) is 64.9 Å². The second-order valence-corrected chi connectivity index (χ2v) is 6.34. The Bertz CT molecular complexity index is 790. The van der Waals surface area contributed by atoms with Crippen molar-refractivity contribution in [3.05, 3.63) is 52.2 Å². The zero-order valence-electron chi connectivity index (χ0n) is 11.0. The van der Waals surface area contributed by atoms with Gasteiger partial charge in [0.15, 0.2) is 5.82 Å². The van der Waals surface area contributed by atoms with Crippen molar-refractivity contribution >= 4 is 16.3 Å². The summed E-state index contributed by atoms with van der Waals surface area (Å²) in [5.41, 5.74) is 9.49. The number of fused-ring (bicyclic) bond motifs is 1. The second kappa shape index (κ2) is 4.18. The number of benzene rings is 1. The van der Waals surface area contributed by atoms with E-state index in [1.54, 1.807) is 11.3 Å². The van der Waals surface area contributed by atoms with Crippen LogP contribution in [0.2, 0.25) is 0 Å². The summed E-state index contributed by atoms with van der Waals surface area (Å²) < 4.78 is 5.38. The van der Waals surface area contributed by atoms with E-state index >= 15 is 0 Å². The normalized spacial score (nSPS) is 16.8. The largest absolute Gasteiger partial charge is 0.390 e. The minimum atomic E-state index is 0.254. The number of hydrogen-bond acceptors (Lipinski definition) is 5. The highest BCUT2D eigenvalue weighted by Crippen LogP contribution is 2.40. The van der Waals surface area contributed by atoms with Gasteiger partial charge in [-0.05, 0) is 30.5 Å². The van der Waals surface area contributed by atoms with Crippen molar-refractivity contribution in [2.75, 3.05) is 5.73 Å². The van der Waals surface area contributed by atoms with Crippen LogP contribution in [-0.4, -0.2) is 10.1 Å². The van der Waals surface area contributed by atoms with Gasteiger partial charge in [0.2, 0.25) is 0 Å². The van der Waals surface area contributed by atoms with E-state index in [-0.39, 0.29) is 5.92 Å². The van der Waals surface area contributed by atoms with E-state index in [0.717, 1.165) is 27.7 Å². The molecule has 2 heterocycles. The number of hydrogen-bond donors (Lipinski definition) is 1. The Kier molecular flexibility index (Phi) is 2.44. The van der Waals surface area contributed by atoms with Crippen LogP contribution in [0.5, 0.6) is 0 Å². The van der Waals surface area contributed by atoms with Crippen LogP contribution in [0.1, 0.15) is 27.7 Å². The molecule has 1 aliphatic carbocycles. The van der Waals surface area contributed by atoms with Crippen molar-refractivity contribution in [1.29, 1.82) is 0 Å². The standard InChI is InChI=1S/C15H13N3OS/c1-8-6-12(13(16)20-8)15-17-14(18-19-15)11-7-9-4-2-3-5-10(9)11/h2-6,11H,7,16H2,1H3. The molecule has 1 atom stereocenters. The van der Waals surface area contributed by atoms with Gasteiger partial charge >= 0.3 is 0 Å². The highest BCUT2D eigenvalue weighted by atomic mass is 32.1. The molecule has 0 saturated heterocycles. The number of nitrogens with zero attached hydrogens (tertiary/aromatic N) is 2. The lowest BCUT2D eigenvalue weighted by atomic mass is 9.77. The van der Waals surface area contributed by atoms with Crippen LogP contribution in [0, 0.1) is 6.92 Å². The third-order valence-corrected chi connectivity index (χ3v) is 4.60. The minimum Gasteiger partial charge on any atom is -0.390 e. The molecule has 0 radical (unpaired) electrons. The molecule has 4 nitrogen and oxygen atoms in total. The van der Waals surface area contributed by atoms with Gasteiger partial charge in [0.1, 0.15) is 0 Å². The third kappa shape index (κ3) is 1.67. The number of nitrogen functional groups attached to an aromatic ring is 1. The lowest BCUT2D eigenvalue weighted by Crippen LogP contribution is -2.19. The van der Waals surface area contributed by atoms with E-state index in [1.807, 2.05) is 19.1 Å². The molecular formula is C15H13N3OS. The maximum absolute atomic E-state index is 5.97. The smallest absolute Gasteiger partial charge is 0.260 e. The molecule has 3 aromatic rings. The van der Waals surface area contributed by atoms with Crippen LogP contribution < -0.4 is 5.73 Å². The molecule has 100 valence electrons. The van der Waals surface area contributed by atoms with Gasteiger partial charge in [-0.25, -0.2) is 0 Å². The lowest BCUT2D eigenvalue weighted by molar-refractivity contribution is 0.416. The average molecular weight is 283 g/mol. The van der Waals surface area contributed by atoms with E-state index < -0.39 is 0 Å². The molecule has 0 saturated carbocycles. The van der Waals surface area contributed by atoms with Gasteiger partial charge in [0.25, 0.3) is 5.89 Å². The zero-order valence-corrected chi connectivity index (χ0v) is 11.8. The van der Waals surface area contributed by atoms with Gasteiger partial charge in [-0.1, -0.05) is 29.4 Å². The monoisotopic (exact) mass is 283 g/mol. The van der Waals surface area contributed by atoms with Crippen molar-refractivity contribution in [3.63, 3.8) is 0 Å². The van der Waals surface area contributed by atoms with E-state index in [1.165, 1.54) is 11.1 Å². The molecule has 0 spiro atoms. The van der Waals surface area contributed by atoms with Gasteiger partial charge in [-0.2, -0.15) is 4.98 Å². The van der Waals surface area contributed by atoms with Crippen molar-refractivity contribution in [3.8, 4) is 11.5 Å². The van der Waals surface area contributed by atoms with E-state index in [0.29, 0.717) is 5.89 Å². The van der Waals surface area contributed by atoms with Crippen LogP contribution in [0.25, 0.3) is 11.5 Å². The maximum Gasteiger partial charge on any atom is 0.260 e. The van der Waals surface area contributed by atoms with Crippen LogP contribution in [-0.2, 0) is 6.42 Å². The molecule has 20 heavy (non-hydrogen) atoms. The molecule has 2 aromatic heterocycles. The van der Waals surface area contributed by atoms with E-state index in [9.17, 15) is 0 Å². The first kappa shape index (κ1) is 11.7. The van der Waals surface area contributed by atoms with Gasteiger partial charge < -0.3 is 10.3 Å². The lowest BCUT2D eigenvalue weighted by Gasteiger charge is -2.27. The van der Waals surface area contributed by atoms with E-state index in [2.05, 4.69) is 28.3 Å². The average Bonchev–Trinajstić information content (AvgIpc) is 2.98. The summed E-state index contributed by atoms with van der Waals surface area (Å²) in [4.78, 5) is 5.67. The quantitative estimate of drug-likeness (QED) is 0.783. The predicted octanol–water partition coefficient (Wildman–Crippen LogP) is 3.38. The van der Waals surface area contributed by atoms with Crippen LogP contribution in [0.15, 0.2) is 34.9 Å². The minimum absolute atomic E-state index is 0.254. The fourth-order valence-electron chi connectivity index (χ4n) is 2.67. The molecule has 1 unspecified atom stereocenters. The molecule has 1 aromatic carbocycles. The number of rotatable bonds is 2. The molecule has 1 aliphatic rings. The van der Waals surface area contributed by atoms with Gasteiger partial charge in [0, 0.05) is 4.88 Å². The number of aryl methyl sites for hydroxylation is 1.